The van der Waals surface area contributed by atoms with Crippen LogP contribution in [0.3, 0.4) is 0 Å². The SMILES string of the molecule is CCCCCCCNC(=S)Nc1c(F)cc(F)cc1F. The number of halogens is 3. The van der Waals surface area contributed by atoms with Gasteiger partial charge in [0.25, 0.3) is 0 Å². The first kappa shape index (κ1) is 16.8. The Labute approximate surface area is 122 Å². The largest absolute Gasteiger partial charge is 0.362 e. The molecule has 0 fully saturated rings. The van der Waals surface area contributed by atoms with E-state index in [-0.39, 0.29) is 5.11 Å². The molecule has 112 valence electrons. The molecule has 0 unspecified atom stereocenters. The van der Waals surface area contributed by atoms with Gasteiger partial charge in [0.1, 0.15) is 11.5 Å². The van der Waals surface area contributed by atoms with Crippen molar-refractivity contribution in [1.29, 1.82) is 0 Å². The van der Waals surface area contributed by atoms with Crippen molar-refractivity contribution in [1.82, 2.24) is 5.32 Å². The molecule has 0 radical (unpaired) electrons. The quantitative estimate of drug-likeness (QED) is 0.578. The molecule has 0 bridgehead atoms. The molecule has 0 spiro atoms. The highest BCUT2D eigenvalue weighted by Crippen LogP contribution is 2.19. The van der Waals surface area contributed by atoms with Gasteiger partial charge in [-0.1, -0.05) is 32.6 Å². The molecule has 0 saturated heterocycles. The van der Waals surface area contributed by atoms with Crippen molar-refractivity contribution in [3.05, 3.63) is 29.6 Å². The van der Waals surface area contributed by atoms with Gasteiger partial charge in [0.15, 0.2) is 16.7 Å². The van der Waals surface area contributed by atoms with Crippen molar-refractivity contribution in [3.63, 3.8) is 0 Å². The van der Waals surface area contributed by atoms with Gasteiger partial charge in [-0.05, 0) is 18.6 Å². The summed E-state index contributed by atoms with van der Waals surface area (Å²) in [7, 11) is 0. The molecule has 1 rings (SSSR count). The molecule has 2 N–H and O–H groups in total. The first-order valence-corrected chi connectivity index (χ1v) is 7.14. The first-order chi connectivity index (χ1) is 9.54. The Kier molecular flexibility index (Phi) is 7.36. The van der Waals surface area contributed by atoms with Gasteiger partial charge >= 0.3 is 0 Å². The molecule has 0 atom stereocenters. The Morgan fingerprint density at radius 1 is 1.05 bits per heavy atom. The summed E-state index contributed by atoms with van der Waals surface area (Å²) in [6.07, 6.45) is 5.57. The fourth-order valence-electron chi connectivity index (χ4n) is 1.75. The lowest BCUT2D eigenvalue weighted by Gasteiger charge is -2.12. The average molecular weight is 304 g/mol. The van der Waals surface area contributed by atoms with Crippen LogP contribution in [-0.2, 0) is 0 Å². The zero-order valence-electron chi connectivity index (χ0n) is 11.4. The van der Waals surface area contributed by atoms with Crippen molar-refractivity contribution in [2.45, 2.75) is 39.0 Å². The van der Waals surface area contributed by atoms with Crippen LogP contribution in [0.5, 0.6) is 0 Å². The van der Waals surface area contributed by atoms with Crippen LogP contribution >= 0.6 is 12.2 Å². The van der Waals surface area contributed by atoms with Gasteiger partial charge in [0.2, 0.25) is 0 Å². The number of rotatable bonds is 7. The Bertz CT molecular complexity index is 429. The van der Waals surface area contributed by atoms with E-state index in [2.05, 4.69) is 17.6 Å². The molecule has 2 nitrogen and oxygen atoms in total. The summed E-state index contributed by atoms with van der Waals surface area (Å²) in [5, 5.41) is 5.41. The van der Waals surface area contributed by atoms with E-state index in [9.17, 15) is 13.2 Å². The third-order valence-electron chi connectivity index (χ3n) is 2.81. The molecule has 20 heavy (non-hydrogen) atoms. The maximum atomic E-state index is 13.4. The van der Waals surface area contributed by atoms with E-state index < -0.39 is 23.1 Å². The highest BCUT2D eigenvalue weighted by Gasteiger charge is 2.12. The lowest BCUT2D eigenvalue weighted by Crippen LogP contribution is -2.30. The predicted molar refractivity (Wildman–Crippen MR) is 79.3 cm³/mol. The van der Waals surface area contributed by atoms with Crippen molar-refractivity contribution >= 4 is 23.0 Å². The minimum Gasteiger partial charge on any atom is -0.362 e. The molecular formula is C14H19F3N2S. The molecular weight excluding hydrogens is 285 g/mol. The van der Waals surface area contributed by atoms with Crippen LogP contribution in [0, 0.1) is 17.5 Å². The molecule has 1 aromatic rings. The third-order valence-corrected chi connectivity index (χ3v) is 3.06. The summed E-state index contributed by atoms with van der Waals surface area (Å²) in [5.41, 5.74) is -0.435. The molecule has 1 aromatic carbocycles. The Morgan fingerprint density at radius 2 is 1.65 bits per heavy atom. The Hall–Kier alpha value is -1.30. The minimum atomic E-state index is -1.01. The molecule has 0 heterocycles. The summed E-state index contributed by atoms with van der Waals surface area (Å²) in [4.78, 5) is 0. The normalized spacial score (nSPS) is 10.4. The number of unbranched alkanes of at least 4 members (excludes halogenated alkanes) is 4. The number of anilines is 1. The third kappa shape index (κ3) is 5.77. The van der Waals surface area contributed by atoms with Crippen molar-refractivity contribution in [2.75, 3.05) is 11.9 Å². The van der Waals surface area contributed by atoms with E-state index in [1.54, 1.807) is 0 Å². The van der Waals surface area contributed by atoms with Crippen LogP contribution in [0.2, 0.25) is 0 Å². The van der Waals surface area contributed by atoms with Crippen LogP contribution in [0.25, 0.3) is 0 Å². The zero-order chi connectivity index (χ0) is 15.0. The van der Waals surface area contributed by atoms with E-state index >= 15 is 0 Å². The molecule has 0 aliphatic carbocycles. The first-order valence-electron chi connectivity index (χ1n) is 6.74. The number of benzene rings is 1. The standard InChI is InChI=1S/C14H19F3N2S/c1-2-3-4-5-6-7-18-14(20)19-13-11(16)8-10(15)9-12(13)17/h8-9H,2-7H2,1H3,(H2,18,19,20). The molecule has 6 heteroatoms. The van der Waals surface area contributed by atoms with Gasteiger partial charge in [0, 0.05) is 18.7 Å². The van der Waals surface area contributed by atoms with Gasteiger partial charge in [-0.25, -0.2) is 13.2 Å². The lowest BCUT2D eigenvalue weighted by atomic mass is 10.1. The summed E-state index contributed by atoms with van der Waals surface area (Å²) in [6.45, 7) is 2.78. The summed E-state index contributed by atoms with van der Waals surface area (Å²) in [6, 6.07) is 1.22. The topological polar surface area (TPSA) is 24.1 Å². The highest BCUT2D eigenvalue weighted by atomic mass is 32.1. The molecule has 0 aliphatic heterocycles. The molecule has 0 amide bonds. The van der Waals surface area contributed by atoms with Gasteiger partial charge in [-0.15, -0.1) is 0 Å². The number of thiocarbonyl (C=S) groups is 1. The summed E-state index contributed by atoms with van der Waals surface area (Å²) < 4.78 is 39.5. The Morgan fingerprint density at radius 3 is 2.25 bits per heavy atom. The summed E-state index contributed by atoms with van der Waals surface area (Å²) >= 11 is 4.94. The van der Waals surface area contributed by atoms with E-state index in [0.29, 0.717) is 18.7 Å². The predicted octanol–water partition coefficient (Wildman–Crippen LogP) is 4.36. The van der Waals surface area contributed by atoms with Crippen LogP contribution in [-0.4, -0.2) is 11.7 Å². The van der Waals surface area contributed by atoms with Crippen LogP contribution in [0.15, 0.2) is 12.1 Å². The second-order valence-electron chi connectivity index (χ2n) is 4.54. The van der Waals surface area contributed by atoms with Crippen LogP contribution in [0.4, 0.5) is 18.9 Å². The molecule has 0 saturated carbocycles. The maximum absolute atomic E-state index is 13.4. The van der Waals surface area contributed by atoms with Crippen LogP contribution < -0.4 is 10.6 Å². The Balaban J connectivity index is 2.36. The fraction of sp³-hybridized carbons (Fsp3) is 0.500. The van der Waals surface area contributed by atoms with Gasteiger partial charge in [0.05, 0.1) is 0 Å². The lowest BCUT2D eigenvalue weighted by molar-refractivity contribution is 0.549. The average Bonchev–Trinajstić information content (AvgIpc) is 2.38. The smallest absolute Gasteiger partial charge is 0.170 e. The summed E-state index contributed by atoms with van der Waals surface area (Å²) in [5.74, 6) is -2.97. The second-order valence-corrected chi connectivity index (χ2v) is 4.95. The number of nitrogens with one attached hydrogen (secondary N) is 2. The van der Waals surface area contributed by atoms with Crippen molar-refractivity contribution in [2.24, 2.45) is 0 Å². The van der Waals surface area contributed by atoms with E-state index in [4.69, 9.17) is 12.2 Å². The van der Waals surface area contributed by atoms with Crippen molar-refractivity contribution in [3.8, 4) is 0 Å². The second kappa shape index (κ2) is 8.79. The maximum Gasteiger partial charge on any atom is 0.170 e. The van der Waals surface area contributed by atoms with Gasteiger partial charge in [-0.3, -0.25) is 0 Å². The van der Waals surface area contributed by atoms with Crippen LogP contribution in [0.1, 0.15) is 39.0 Å². The molecule has 0 aliphatic rings. The number of hydrogen-bond acceptors (Lipinski definition) is 1. The van der Waals surface area contributed by atoms with Crippen molar-refractivity contribution < 1.29 is 13.2 Å². The fourth-order valence-corrected chi connectivity index (χ4v) is 1.95. The molecule has 0 aromatic heterocycles. The van der Waals surface area contributed by atoms with E-state index in [0.717, 1.165) is 12.8 Å². The highest BCUT2D eigenvalue weighted by molar-refractivity contribution is 7.80. The monoisotopic (exact) mass is 304 g/mol. The van der Waals surface area contributed by atoms with E-state index in [1.807, 2.05) is 0 Å². The zero-order valence-corrected chi connectivity index (χ0v) is 12.3. The number of hydrogen-bond donors (Lipinski definition) is 2. The van der Waals surface area contributed by atoms with Gasteiger partial charge in [-0.2, -0.15) is 0 Å². The minimum absolute atomic E-state index is 0.130. The van der Waals surface area contributed by atoms with Gasteiger partial charge < -0.3 is 10.6 Å². The van der Waals surface area contributed by atoms with E-state index in [1.165, 1.54) is 19.3 Å².